The van der Waals surface area contributed by atoms with Gasteiger partial charge in [0.2, 0.25) is 0 Å². The molecule has 0 spiro atoms. The Balaban J connectivity index is 0.894. The highest BCUT2D eigenvalue weighted by Gasteiger charge is 2.18. The standard InChI is InChI=1S/C62H36N2S/c1-2-10-42(11-3-1)62-63-54(36-55(64-62)45-30-31-57-52(34-45)48-17-4-5-21-56(48)65-57)38-24-22-37(23-25-38)43-15-6-16-44(32-43)47-33-46-29-28-41-13-8-19-50-49-18-7-12-39-26-27-40-14-9-20-51(60(40)58(39)49)53(35-47)61(46)59(41)50/h1-36H. The Hall–Kier alpha value is -8.24. The summed E-state index contributed by atoms with van der Waals surface area (Å²) in [5.74, 6) is 0.715. The molecule has 0 aliphatic rings. The van der Waals surface area contributed by atoms with Crippen molar-refractivity contribution in [3.05, 3.63) is 218 Å². The summed E-state index contributed by atoms with van der Waals surface area (Å²) in [6, 6.07) is 80.1. The normalized spacial score (nSPS) is 12.0. The van der Waals surface area contributed by atoms with E-state index in [9.17, 15) is 0 Å². The van der Waals surface area contributed by atoms with Crippen LogP contribution in [-0.2, 0) is 0 Å². The van der Waals surface area contributed by atoms with E-state index >= 15 is 0 Å². The quantitative estimate of drug-likeness (QED) is 0.161. The molecule has 0 N–H and O–H groups in total. The fraction of sp³-hybridized carbons (Fsp3) is 0. The minimum Gasteiger partial charge on any atom is -0.228 e. The second kappa shape index (κ2) is 14.1. The lowest BCUT2D eigenvalue weighted by Crippen LogP contribution is -1.96. The number of thiophene rings is 1. The number of fused-ring (bicyclic) bond motifs is 5. The van der Waals surface area contributed by atoms with Crippen LogP contribution in [0.25, 0.3) is 141 Å². The molecule has 14 rings (SSSR count). The van der Waals surface area contributed by atoms with Crippen LogP contribution >= 0.6 is 11.3 Å². The number of benzene rings is 11. The van der Waals surface area contributed by atoms with Crippen LogP contribution in [0, 0.1) is 0 Å². The molecule has 300 valence electrons. The van der Waals surface area contributed by atoms with Crippen molar-refractivity contribution >= 4 is 96.1 Å². The summed E-state index contributed by atoms with van der Waals surface area (Å²) >= 11 is 1.83. The lowest BCUT2D eigenvalue weighted by Gasteiger charge is -2.17. The van der Waals surface area contributed by atoms with Crippen LogP contribution in [0.15, 0.2) is 218 Å². The van der Waals surface area contributed by atoms with Gasteiger partial charge >= 0.3 is 0 Å². The molecular formula is C62H36N2S. The number of hydrogen-bond acceptors (Lipinski definition) is 3. The molecule has 65 heavy (non-hydrogen) atoms. The number of rotatable bonds is 5. The van der Waals surface area contributed by atoms with Crippen LogP contribution in [0.3, 0.4) is 0 Å². The first-order chi connectivity index (χ1) is 32.2. The Morgan fingerprint density at radius 2 is 0.738 bits per heavy atom. The van der Waals surface area contributed by atoms with E-state index in [1.54, 1.807) is 0 Å². The van der Waals surface area contributed by atoms with Crippen molar-refractivity contribution in [2.45, 2.75) is 0 Å². The number of hydrogen-bond donors (Lipinski definition) is 0. The van der Waals surface area contributed by atoms with E-state index in [1.807, 2.05) is 29.5 Å². The van der Waals surface area contributed by atoms with Crippen LogP contribution in [0.5, 0.6) is 0 Å². The van der Waals surface area contributed by atoms with E-state index < -0.39 is 0 Å². The van der Waals surface area contributed by atoms with Crippen molar-refractivity contribution in [3.8, 4) is 56.2 Å². The molecule has 0 radical (unpaired) electrons. The Kier molecular flexibility index (Phi) is 7.89. The maximum Gasteiger partial charge on any atom is 0.160 e. The van der Waals surface area contributed by atoms with Crippen LogP contribution in [0.4, 0.5) is 0 Å². The Bertz CT molecular complexity index is 4220. The summed E-state index contributed by atoms with van der Waals surface area (Å²) < 4.78 is 2.58. The van der Waals surface area contributed by atoms with Gasteiger partial charge in [-0.15, -0.1) is 11.3 Å². The van der Waals surface area contributed by atoms with E-state index in [2.05, 4.69) is 200 Å². The van der Waals surface area contributed by atoms with Gasteiger partial charge in [-0.25, -0.2) is 9.97 Å². The molecule has 3 heteroatoms. The van der Waals surface area contributed by atoms with Crippen molar-refractivity contribution in [1.29, 1.82) is 0 Å². The zero-order valence-corrected chi connectivity index (χ0v) is 35.9. The third-order valence-corrected chi connectivity index (χ3v) is 14.7. The topological polar surface area (TPSA) is 25.8 Å². The first-order valence-corrected chi connectivity index (χ1v) is 23.0. The summed E-state index contributed by atoms with van der Waals surface area (Å²) in [6.45, 7) is 0. The molecule has 0 amide bonds. The molecule has 0 unspecified atom stereocenters. The SMILES string of the molecule is c1ccc(-c2nc(-c3ccc(-c4cccc(-c5cc6ccc7cccc8c9cccc%10ccc%11cccc(c(c5)c6c78)c%11c%109)c4)cc3)cc(-c3ccc4sc5ccccc5c4c3)n2)cc1. The third-order valence-electron chi connectivity index (χ3n) is 13.6. The first-order valence-electron chi connectivity index (χ1n) is 22.2. The third kappa shape index (κ3) is 5.73. The van der Waals surface area contributed by atoms with Gasteiger partial charge in [0.25, 0.3) is 0 Å². The molecule has 2 heterocycles. The smallest absolute Gasteiger partial charge is 0.160 e. The van der Waals surface area contributed by atoms with E-state index in [0.29, 0.717) is 5.82 Å². The Morgan fingerprint density at radius 1 is 0.246 bits per heavy atom. The van der Waals surface area contributed by atoms with E-state index in [-0.39, 0.29) is 0 Å². The average molecular weight is 841 g/mol. The molecular weight excluding hydrogens is 805 g/mol. The average Bonchev–Trinajstić information content (AvgIpc) is 3.75. The second-order valence-corrected chi connectivity index (χ2v) is 18.3. The largest absolute Gasteiger partial charge is 0.228 e. The minimum absolute atomic E-state index is 0.715. The van der Waals surface area contributed by atoms with Crippen molar-refractivity contribution in [2.24, 2.45) is 0 Å². The van der Waals surface area contributed by atoms with Gasteiger partial charge in [-0.05, 0) is 129 Å². The van der Waals surface area contributed by atoms with Crippen molar-refractivity contribution in [3.63, 3.8) is 0 Å². The molecule has 14 aromatic rings. The summed E-state index contributed by atoms with van der Waals surface area (Å²) in [6.07, 6.45) is 0. The maximum absolute atomic E-state index is 5.16. The predicted octanol–water partition coefficient (Wildman–Crippen LogP) is 17.5. The fourth-order valence-electron chi connectivity index (χ4n) is 10.5. The predicted molar refractivity (Wildman–Crippen MR) is 278 cm³/mol. The van der Waals surface area contributed by atoms with E-state index in [0.717, 1.165) is 33.6 Å². The lowest BCUT2D eigenvalue weighted by atomic mass is 9.86. The van der Waals surface area contributed by atoms with Crippen LogP contribution in [0.1, 0.15) is 0 Å². The van der Waals surface area contributed by atoms with Crippen molar-refractivity contribution in [2.75, 3.05) is 0 Å². The monoisotopic (exact) mass is 840 g/mol. The first kappa shape index (κ1) is 36.3. The van der Waals surface area contributed by atoms with Gasteiger partial charge < -0.3 is 0 Å². The highest BCUT2D eigenvalue weighted by molar-refractivity contribution is 7.25. The zero-order valence-electron chi connectivity index (χ0n) is 35.1. The second-order valence-electron chi connectivity index (χ2n) is 17.3. The molecule has 0 aliphatic heterocycles. The molecule has 0 atom stereocenters. The highest BCUT2D eigenvalue weighted by Crippen LogP contribution is 2.45. The molecule has 12 aromatic carbocycles. The van der Waals surface area contributed by atoms with E-state index in [4.69, 9.17) is 9.97 Å². The number of nitrogens with zero attached hydrogens (tertiary/aromatic N) is 2. The fourth-order valence-corrected chi connectivity index (χ4v) is 11.6. The van der Waals surface area contributed by atoms with E-state index in [1.165, 1.54) is 101 Å². The minimum atomic E-state index is 0.715. The Labute approximate surface area is 378 Å². The molecule has 0 aliphatic carbocycles. The summed E-state index contributed by atoms with van der Waals surface area (Å²) in [4.78, 5) is 10.3. The summed E-state index contributed by atoms with van der Waals surface area (Å²) in [5, 5.41) is 18.0. The van der Waals surface area contributed by atoms with Crippen LogP contribution < -0.4 is 0 Å². The molecule has 0 fully saturated rings. The molecule has 0 saturated heterocycles. The van der Waals surface area contributed by atoms with Gasteiger partial charge in [0.05, 0.1) is 11.4 Å². The van der Waals surface area contributed by atoms with Crippen LogP contribution in [-0.4, -0.2) is 9.97 Å². The highest BCUT2D eigenvalue weighted by atomic mass is 32.1. The van der Waals surface area contributed by atoms with Crippen molar-refractivity contribution in [1.82, 2.24) is 9.97 Å². The van der Waals surface area contributed by atoms with Gasteiger partial charge in [0, 0.05) is 36.9 Å². The molecule has 0 saturated carbocycles. The molecule has 2 nitrogen and oxygen atoms in total. The zero-order chi connectivity index (χ0) is 42.6. The Morgan fingerprint density at radius 3 is 1.45 bits per heavy atom. The number of aromatic nitrogens is 2. The van der Waals surface area contributed by atoms with Gasteiger partial charge in [-0.3, -0.25) is 0 Å². The lowest BCUT2D eigenvalue weighted by molar-refractivity contribution is 1.18. The van der Waals surface area contributed by atoms with Gasteiger partial charge in [-0.2, -0.15) is 0 Å². The van der Waals surface area contributed by atoms with Gasteiger partial charge in [0.15, 0.2) is 5.82 Å². The van der Waals surface area contributed by atoms with Gasteiger partial charge in [0.1, 0.15) is 0 Å². The van der Waals surface area contributed by atoms with Gasteiger partial charge in [-0.1, -0.05) is 176 Å². The molecule has 2 aromatic heterocycles. The summed E-state index contributed by atoms with van der Waals surface area (Å²) in [7, 11) is 0. The van der Waals surface area contributed by atoms with Crippen molar-refractivity contribution < 1.29 is 0 Å². The molecule has 0 bridgehead atoms. The van der Waals surface area contributed by atoms with Crippen LogP contribution in [0.2, 0.25) is 0 Å². The maximum atomic E-state index is 5.16. The summed E-state index contributed by atoms with van der Waals surface area (Å²) in [5.41, 5.74) is 9.64.